The molecule has 120 valence electrons. The van der Waals surface area contributed by atoms with Gasteiger partial charge in [-0.25, -0.2) is 0 Å². The molecule has 1 atom stereocenters. The van der Waals surface area contributed by atoms with Crippen molar-refractivity contribution in [3.8, 4) is 5.75 Å². The normalized spacial score (nSPS) is 22.0. The lowest BCUT2D eigenvalue weighted by molar-refractivity contribution is -0.0499. The van der Waals surface area contributed by atoms with E-state index in [0.717, 1.165) is 11.1 Å². The number of hydrogen-bond acceptors (Lipinski definition) is 5. The van der Waals surface area contributed by atoms with Gasteiger partial charge in [0, 0.05) is 11.6 Å². The highest BCUT2D eigenvalue weighted by atomic mass is 19.3. The van der Waals surface area contributed by atoms with Gasteiger partial charge in [-0.05, 0) is 30.7 Å². The topological polar surface area (TPSA) is 51.2 Å². The Kier molecular flexibility index (Phi) is 4.28. The van der Waals surface area contributed by atoms with Crippen molar-refractivity contribution in [1.29, 1.82) is 0 Å². The highest BCUT2D eigenvalue weighted by molar-refractivity contribution is 5.80. The average molecular weight is 313 g/mol. The summed E-state index contributed by atoms with van der Waals surface area (Å²) in [6, 6.07) is 4.69. The number of nitrogens with zero attached hydrogens (tertiary/aromatic N) is 1. The molecule has 2 heterocycles. The maximum Gasteiger partial charge on any atom is 0.387 e. The standard InChI is InChI=1S/C15H17F2NO4/c1-9-6-13(19)18(8-14-20-4-5-21-14)12-7-10(22-15(16)17)2-3-11(9)12/h2-3,6-7,13-15,19H,4-5,8H2,1H3. The third-order valence-corrected chi connectivity index (χ3v) is 3.68. The number of fused-ring (bicyclic) bond motifs is 1. The maximum atomic E-state index is 12.4. The van der Waals surface area contributed by atoms with Gasteiger partial charge in [0.1, 0.15) is 12.0 Å². The molecular formula is C15H17F2NO4. The van der Waals surface area contributed by atoms with E-state index in [0.29, 0.717) is 25.4 Å². The molecular weight excluding hydrogens is 296 g/mol. The molecule has 0 saturated carbocycles. The van der Waals surface area contributed by atoms with Gasteiger partial charge in [0.25, 0.3) is 0 Å². The third kappa shape index (κ3) is 3.06. The Morgan fingerprint density at radius 2 is 2.09 bits per heavy atom. The first kappa shape index (κ1) is 15.2. The maximum absolute atomic E-state index is 12.4. The number of aliphatic hydroxyl groups excluding tert-OH is 1. The fourth-order valence-corrected chi connectivity index (χ4v) is 2.68. The number of rotatable bonds is 4. The Morgan fingerprint density at radius 1 is 1.36 bits per heavy atom. The molecule has 0 aromatic heterocycles. The Bertz CT molecular complexity index is 573. The summed E-state index contributed by atoms with van der Waals surface area (Å²) in [7, 11) is 0. The fraction of sp³-hybridized carbons (Fsp3) is 0.467. The van der Waals surface area contributed by atoms with Crippen molar-refractivity contribution in [2.45, 2.75) is 26.1 Å². The molecule has 7 heteroatoms. The minimum Gasteiger partial charge on any atom is -0.435 e. The molecule has 5 nitrogen and oxygen atoms in total. The third-order valence-electron chi connectivity index (χ3n) is 3.68. The molecule has 1 aromatic carbocycles. The molecule has 2 aliphatic heterocycles. The van der Waals surface area contributed by atoms with Crippen molar-refractivity contribution in [3.05, 3.63) is 29.8 Å². The number of anilines is 1. The smallest absolute Gasteiger partial charge is 0.387 e. The van der Waals surface area contributed by atoms with E-state index in [-0.39, 0.29) is 5.75 Å². The van der Waals surface area contributed by atoms with Crippen LogP contribution < -0.4 is 9.64 Å². The summed E-state index contributed by atoms with van der Waals surface area (Å²) in [5, 5.41) is 10.3. The second-order valence-electron chi connectivity index (χ2n) is 5.14. The summed E-state index contributed by atoms with van der Waals surface area (Å²) in [6.07, 6.45) is 0.376. The summed E-state index contributed by atoms with van der Waals surface area (Å²) in [5.74, 6) is 0.0499. The first-order valence-electron chi connectivity index (χ1n) is 7.00. The first-order chi connectivity index (χ1) is 10.5. The molecule has 0 radical (unpaired) electrons. The van der Waals surface area contributed by atoms with Gasteiger partial charge >= 0.3 is 6.61 Å². The van der Waals surface area contributed by atoms with Crippen molar-refractivity contribution >= 4 is 11.3 Å². The van der Waals surface area contributed by atoms with Gasteiger partial charge in [-0.3, -0.25) is 0 Å². The minimum atomic E-state index is -2.89. The van der Waals surface area contributed by atoms with Crippen LogP contribution in [0, 0.1) is 0 Å². The molecule has 1 saturated heterocycles. The van der Waals surface area contributed by atoms with Crippen LogP contribution in [0.4, 0.5) is 14.5 Å². The van der Waals surface area contributed by atoms with Crippen molar-refractivity contribution in [2.24, 2.45) is 0 Å². The molecule has 22 heavy (non-hydrogen) atoms. The number of halogens is 2. The van der Waals surface area contributed by atoms with Gasteiger partial charge in [-0.1, -0.05) is 0 Å². The van der Waals surface area contributed by atoms with Gasteiger partial charge in [0.2, 0.25) is 0 Å². The van der Waals surface area contributed by atoms with Gasteiger partial charge in [0.05, 0.1) is 25.4 Å². The number of hydrogen-bond donors (Lipinski definition) is 1. The summed E-state index contributed by atoms with van der Waals surface area (Å²) in [6.45, 7) is 0.277. The van der Waals surface area contributed by atoms with E-state index in [1.54, 1.807) is 17.0 Å². The van der Waals surface area contributed by atoms with Gasteiger partial charge in [0.15, 0.2) is 6.29 Å². The van der Waals surface area contributed by atoms with Crippen LogP contribution in [0.25, 0.3) is 5.57 Å². The van der Waals surface area contributed by atoms with E-state index in [1.807, 2.05) is 6.92 Å². The van der Waals surface area contributed by atoms with E-state index in [2.05, 4.69) is 4.74 Å². The molecule has 1 N–H and O–H groups in total. The number of benzene rings is 1. The van der Waals surface area contributed by atoms with Crippen LogP contribution in [0.3, 0.4) is 0 Å². The second kappa shape index (κ2) is 6.20. The predicted octanol–water partition coefficient (Wildman–Crippen LogP) is 2.20. The SMILES string of the molecule is CC1=CC(O)N(CC2OCCO2)c2cc(OC(F)F)ccc21. The Hall–Kier alpha value is -1.70. The molecule has 0 amide bonds. The number of alkyl halides is 2. The molecule has 1 aromatic rings. The summed E-state index contributed by atoms with van der Waals surface area (Å²) < 4.78 is 40.0. The Labute approximate surface area is 126 Å². The molecule has 3 rings (SSSR count). The molecule has 1 fully saturated rings. The van der Waals surface area contributed by atoms with Crippen LogP contribution >= 0.6 is 0 Å². The van der Waals surface area contributed by atoms with Gasteiger partial charge < -0.3 is 24.2 Å². The summed E-state index contributed by atoms with van der Waals surface area (Å²) in [4.78, 5) is 1.65. The van der Waals surface area contributed by atoms with Crippen LogP contribution in [-0.4, -0.2) is 44.0 Å². The van der Waals surface area contributed by atoms with E-state index >= 15 is 0 Å². The van der Waals surface area contributed by atoms with E-state index in [9.17, 15) is 13.9 Å². The van der Waals surface area contributed by atoms with Crippen LogP contribution in [-0.2, 0) is 9.47 Å². The number of aliphatic hydroxyl groups is 1. The predicted molar refractivity (Wildman–Crippen MR) is 75.8 cm³/mol. The van der Waals surface area contributed by atoms with Gasteiger partial charge in [-0.2, -0.15) is 8.78 Å². The second-order valence-corrected chi connectivity index (χ2v) is 5.14. The highest BCUT2D eigenvalue weighted by Gasteiger charge is 2.28. The van der Waals surface area contributed by atoms with Crippen molar-refractivity contribution in [1.82, 2.24) is 0 Å². The van der Waals surface area contributed by atoms with E-state index < -0.39 is 19.1 Å². The zero-order valence-corrected chi connectivity index (χ0v) is 12.0. The molecule has 0 aliphatic carbocycles. The van der Waals surface area contributed by atoms with Crippen molar-refractivity contribution in [3.63, 3.8) is 0 Å². The lowest BCUT2D eigenvalue weighted by atomic mass is 9.99. The lowest BCUT2D eigenvalue weighted by Gasteiger charge is -2.35. The Balaban J connectivity index is 1.91. The quantitative estimate of drug-likeness (QED) is 0.923. The van der Waals surface area contributed by atoms with E-state index in [4.69, 9.17) is 9.47 Å². The molecule has 0 spiro atoms. The zero-order chi connectivity index (χ0) is 15.7. The van der Waals surface area contributed by atoms with Gasteiger partial charge in [-0.15, -0.1) is 0 Å². The fourth-order valence-electron chi connectivity index (χ4n) is 2.68. The van der Waals surface area contributed by atoms with Crippen LogP contribution in [0.15, 0.2) is 24.3 Å². The Morgan fingerprint density at radius 3 is 2.77 bits per heavy atom. The largest absolute Gasteiger partial charge is 0.435 e. The number of ether oxygens (including phenoxy) is 3. The highest BCUT2D eigenvalue weighted by Crippen LogP contribution is 2.36. The first-order valence-corrected chi connectivity index (χ1v) is 7.00. The molecule has 0 bridgehead atoms. The zero-order valence-electron chi connectivity index (χ0n) is 12.0. The van der Waals surface area contributed by atoms with Crippen molar-refractivity contribution < 1.29 is 28.1 Å². The van der Waals surface area contributed by atoms with E-state index in [1.165, 1.54) is 12.1 Å². The van der Waals surface area contributed by atoms with Crippen LogP contribution in [0.2, 0.25) is 0 Å². The molecule has 2 aliphatic rings. The van der Waals surface area contributed by atoms with Crippen molar-refractivity contribution in [2.75, 3.05) is 24.7 Å². The number of allylic oxidation sites excluding steroid dienone is 1. The average Bonchev–Trinajstić information content (AvgIpc) is 2.95. The minimum absolute atomic E-state index is 0.0499. The lowest BCUT2D eigenvalue weighted by Crippen LogP contribution is -2.42. The monoisotopic (exact) mass is 313 g/mol. The summed E-state index contributed by atoms with van der Waals surface area (Å²) >= 11 is 0. The van der Waals surface area contributed by atoms with Crippen LogP contribution in [0.5, 0.6) is 5.75 Å². The van der Waals surface area contributed by atoms with Crippen LogP contribution in [0.1, 0.15) is 12.5 Å². The summed E-state index contributed by atoms with van der Waals surface area (Å²) in [5.41, 5.74) is 2.34. The molecule has 1 unspecified atom stereocenters.